The highest BCUT2D eigenvalue weighted by Gasteiger charge is 2.37. The molecule has 1 unspecified atom stereocenters. The number of rotatable bonds is 6. The van der Waals surface area contributed by atoms with Crippen LogP contribution in [0.4, 0.5) is 0 Å². The van der Waals surface area contributed by atoms with E-state index in [0.29, 0.717) is 17.7 Å². The monoisotopic (exact) mass is 364 g/mol. The van der Waals surface area contributed by atoms with Crippen LogP contribution in [-0.2, 0) is 11.3 Å². The summed E-state index contributed by atoms with van der Waals surface area (Å²) in [4.78, 5) is 41.1. The maximum atomic E-state index is 13.0. The van der Waals surface area contributed by atoms with Crippen LogP contribution >= 0.6 is 0 Å². The molecule has 1 aliphatic heterocycles. The molecule has 0 fully saturated rings. The molecule has 0 saturated carbocycles. The third-order valence-corrected chi connectivity index (χ3v) is 5.06. The third-order valence-electron chi connectivity index (χ3n) is 5.06. The van der Waals surface area contributed by atoms with Crippen molar-refractivity contribution in [3.8, 4) is 0 Å². The van der Waals surface area contributed by atoms with Gasteiger partial charge in [-0.15, -0.1) is 0 Å². The van der Waals surface area contributed by atoms with Gasteiger partial charge in [-0.1, -0.05) is 48.9 Å². The van der Waals surface area contributed by atoms with E-state index in [1.807, 2.05) is 51.1 Å². The van der Waals surface area contributed by atoms with Crippen LogP contribution in [0.15, 0.2) is 48.5 Å². The van der Waals surface area contributed by atoms with Gasteiger partial charge in [-0.3, -0.25) is 19.3 Å². The number of aryl methyl sites for hydroxylation is 1. The first kappa shape index (κ1) is 18.8. The van der Waals surface area contributed by atoms with Crippen LogP contribution in [0.3, 0.4) is 0 Å². The molecule has 1 atom stereocenters. The highest BCUT2D eigenvalue weighted by atomic mass is 16.2. The van der Waals surface area contributed by atoms with Crippen molar-refractivity contribution in [1.82, 2.24) is 9.80 Å². The van der Waals surface area contributed by atoms with Gasteiger partial charge >= 0.3 is 0 Å². The van der Waals surface area contributed by atoms with Crippen molar-refractivity contribution in [3.63, 3.8) is 0 Å². The van der Waals surface area contributed by atoms with Gasteiger partial charge in [0, 0.05) is 12.6 Å². The van der Waals surface area contributed by atoms with Gasteiger partial charge in [0.05, 0.1) is 11.1 Å². The summed E-state index contributed by atoms with van der Waals surface area (Å²) in [6.07, 6.45) is 0.792. The number of imide groups is 1. The van der Waals surface area contributed by atoms with Crippen LogP contribution in [0.5, 0.6) is 0 Å². The molecule has 0 N–H and O–H groups in total. The van der Waals surface area contributed by atoms with Crippen molar-refractivity contribution >= 4 is 17.7 Å². The predicted octanol–water partition coefficient (Wildman–Crippen LogP) is 3.42. The van der Waals surface area contributed by atoms with Crippen LogP contribution in [-0.4, -0.2) is 40.1 Å². The van der Waals surface area contributed by atoms with Crippen molar-refractivity contribution in [1.29, 1.82) is 0 Å². The van der Waals surface area contributed by atoms with Crippen molar-refractivity contribution in [2.75, 3.05) is 6.54 Å². The fourth-order valence-electron chi connectivity index (χ4n) is 3.26. The molecule has 5 nitrogen and oxygen atoms in total. The lowest BCUT2D eigenvalue weighted by molar-refractivity contribution is -0.134. The quantitative estimate of drug-likeness (QED) is 0.738. The minimum absolute atomic E-state index is 0.00938. The Kier molecular flexibility index (Phi) is 5.40. The average molecular weight is 364 g/mol. The Bertz CT molecular complexity index is 876. The van der Waals surface area contributed by atoms with E-state index >= 15 is 0 Å². The van der Waals surface area contributed by atoms with Gasteiger partial charge in [-0.2, -0.15) is 0 Å². The van der Waals surface area contributed by atoms with Crippen molar-refractivity contribution in [3.05, 3.63) is 70.8 Å². The van der Waals surface area contributed by atoms with Gasteiger partial charge in [-0.25, -0.2) is 0 Å². The molecule has 0 saturated heterocycles. The second-order valence-electron chi connectivity index (χ2n) is 7.01. The smallest absolute Gasteiger partial charge is 0.262 e. The average Bonchev–Trinajstić information content (AvgIpc) is 2.90. The molecule has 0 aliphatic carbocycles. The number of benzene rings is 2. The molecule has 140 valence electrons. The summed E-state index contributed by atoms with van der Waals surface area (Å²) in [6.45, 7) is 6.09. The number of nitrogens with zero attached hydrogens (tertiary/aromatic N) is 2. The molecule has 5 heteroatoms. The zero-order chi connectivity index (χ0) is 19.6. The minimum atomic E-state index is -0.396. The van der Waals surface area contributed by atoms with E-state index in [2.05, 4.69) is 0 Å². The molecular weight excluding hydrogens is 340 g/mol. The molecule has 0 radical (unpaired) electrons. The maximum absolute atomic E-state index is 13.0. The Morgan fingerprint density at radius 3 is 2.37 bits per heavy atom. The van der Waals surface area contributed by atoms with Gasteiger partial charge in [0.25, 0.3) is 11.8 Å². The van der Waals surface area contributed by atoms with E-state index in [-0.39, 0.29) is 18.5 Å². The van der Waals surface area contributed by atoms with E-state index in [9.17, 15) is 14.4 Å². The Labute approximate surface area is 159 Å². The number of carbonyl (C=O) groups excluding carboxylic acids is 3. The van der Waals surface area contributed by atoms with Gasteiger partial charge < -0.3 is 4.90 Å². The lowest BCUT2D eigenvalue weighted by atomic mass is 10.1. The summed E-state index contributed by atoms with van der Waals surface area (Å²) in [7, 11) is 0. The lowest BCUT2D eigenvalue weighted by Crippen LogP contribution is -2.45. The normalized spacial score (nSPS) is 14.3. The standard InChI is InChI=1S/C22H24N2O3/c1-4-16(3)23(13-17-8-6-5-7-9-17)20(25)14-24-21(26)18-11-10-15(2)12-19(18)22(24)27/h5-12,16H,4,13-14H2,1-3H3. The summed E-state index contributed by atoms with van der Waals surface area (Å²) in [5.74, 6) is -1.01. The molecule has 3 amide bonds. The van der Waals surface area contributed by atoms with E-state index < -0.39 is 11.8 Å². The second-order valence-corrected chi connectivity index (χ2v) is 7.01. The van der Waals surface area contributed by atoms with E-state index in [0.717, 1.165) is 22.4 Å². The Balaban J connectivity index is 1.80. The fraction of sp³-hybridized carbons (Fsp3) is 0.318. The molecule has 0 aromatic heterocycles. The summed E-state index contributed by atoms with van der Waals surface area (Å²) in [5.41, 5.74) is 2.68. The van der Waals surface area contributed by atoms with Gasteiger partial charge in [-0.05, 0) is 38.0 Å². The Morgan fingerprint density at radius 2 is 1.70 bits per heavy atom. The number of hydrogen-bond acceptors (Lipinski definition) is 3. The van der Waals surface area contributed by atoms with Crippen LogP contribution in [0.1, 0.15) is 52.1 Å². The molecule has 3 rings (SSSR count). The number of carbonyl (C=O) groups is 3. The first-order valence-corrected chi connectivity index (χ1v) is 9.22. The van der Waals surface area contributed by atoms with Crippen molar-refractivity contribution in [2.24, 2.45) is 0 Å². The molecule has 27 heavy (non-hydrogen) atoms. The summed E-state index contributed by atoms with van der Waals surface area (Å²) < 4.78 is 0. The molecule has 2 aromatic carbocycles. The van der Waals surface area contributed by atoms with Crippen LogP contribution in [0, 0.1) is 6.92 Å². The molecule has 1 aliphatic rings. The molecule has 0 spiro atoms. The zero-order valence-electron chi connectivity index (χ0n) is 15.9. The fourth-order valence-corrected chi connectivity index (χ4v) is 3.26. The maximum Gasteiger partial charge on any atom is 0.262 e. The zero-order valence-corrected chi connectivity index (χ0v) is 15.9. The van der Waals surface area contributed by atoms with Crippen molar-refractivity contribution < 1.29 is 14.4 Å². The Morgan fingerprint density at radius 1 is 1.04 bits per heavy atom. The lowest BCUT2D eigenvalue weighted by Gasteiger charge is -2.30. The van der Waals surface area contributed by atoms with Gasteiger partial charge in [0.2, 0.25) is 5.91 Å². The highest BCUT2D eigenvalue weighted by Crippen LogP contribution is 2.24. The van der Waals surface area contributed by atoms with E-state index in [1.54, 1.807) is 23.1 Å². The first-order chi connectivity index (χ1) is 12.9. The number of amides is 3. The SMILES string of the molecule is CCC(C)N(Cc1ccccc1)C(=O)CN1C(=O)c2ccc(C)cc2C1=O. The minimum Gasteiger partial charge on any atom is -0.334 e. The second kappa shape index (κ2) is 7.74. The molecule has 0 bridgehead atoms. The Hall–Kier alpha value is -2.95. The third kappa shape index (κ3) is 3.77. The first-order valence-electron chi connectivity index (χ1n) is 9.22. The van der Waals surface area contributed by atoms with E-state index in [4.69, 9.17) is 0 Å². The van der Waals surface area contributed by atoms with Gasteiger partial charge in [0.15, 0.2) is 0 Å². The van der Waals surface area contributed by atoms with Gasteiger partial charge in [0.1, 0.15) is 6.54 Å². The predicted molar refractivity (Wildman–Crippen MR) is 103 cm³/mol. The summed E-state index contributed by atoms with van der Waals surface area (Å²) >= 11 is 0. The molecule has 2 aromatic rings. The topological polar surface area (TPSA) is 57.7 Å². The van der Waals surface area contributed by atoms with Crippen molar-refractivity contribution in [2.45, 2.75) is 39.8 Å². The summed E-state index contributed by atoms with van der Waals surface area (Å²) in [6, 6.07) is 14.9. The van der Waals surface area contributed by atoms with Crippen LogP contribution in [0.2, 0.25) is 0 Å². The molecular formula is C22H24N2O3. The number of hydrogen-bond donors (Lipinski definition) is 0. The highest BCUT2D eigenvalue weighted by molar-refractivity contribution is 6.22. The van der Waals surface area contributed by atoms with Crippen LogP contribution in [0.25, 0.3) is 0 Å². The largest absolute Gasteiger partial charge is 0.334 e. The van der Waals surface area contributed by atoms with E-state index in [1.165, 1.54) is 0 Å². The summed E-state index contributed by atoms with van der Waals surface area (Å²) in [5, 5.41) is 0. The number of fused-ring (bicyclic) bond motifs is 1. The van der Waals surface area contributed by atoms with Crippen LogP contribution < -0.4 is 0 Å². The molecule has 1 heterocycles.